The third-order valence-corrected chi connectivity index (χ3v) is 13.2. The lowest BCUT2D eigenvalue weighted by molar-refractivity contribution is -0.216. The Morgan fingerprint density at radius 1 is 0.444 bits per heavy atom. The van der Waals surface area contributed by atoms with Crippen LogP contribution in [0.5, 0.6) is 0 Å². The molecule has 0 aromatic rings. The average Bonchev–Trinajstić information content (AvgIpc) is 3.23. The van der Waals surface area contributed by atoms with E-state index in [-0.39, 0.29) is 12.8 Å². The molecule has 1 fully saturated rings. The van der Waals surface area contributed by atoms with Gasteiger partial charge in [-0.2, -0.15) is 0 Å². The molecule has 63 heavy (non-hydrogen) atoms. The molecule has 0 amide bonds. The fourth-order valence-electron chi connectivity index (χ4n) is 7.85. The highest BCUT2D eigenvalue weighted by Gasteiger charge is 2.54. The van der Waals surface area contributed by atoms with Crippen LogP contribution < -0.4 is 0 Å². The van der Waals surface area contributed by atoms with Gasteiger partial charge in [0.2, 0.25) is 0 Å². The lowest BCUT2D eigenvalue weighted by Crippen LogP contribution is -2.64. The van der Waals surface area contributed by atoms with E-state index in [1.165, 1.54) is 128 Å². The van der Waals surface area contributed by atoms with E-state index in [1.54, 1.807) is 0 Å². The predicted octanol–water partition coefficient (Wildman–Crippen LogP) is 9.40. The molecule has 3 unspecified atom stereocenters. The highest BCUT2D eigenvalue weighted by atomic mass is 31.2. The first-order valence-corrected chi connectivity index (χ1v) is 27.6. The molecule has 0 saturated heterocycles. The first-order chi connectivity index (χ1) is 30.1. The van der Waals surface area contributed by atoms with Gasteiger partial charge in [0.05, 0.1) is 6.61 Å². The molecule has 0 aliphatic heterocycles. The Balaban J connectivity index is 2.54. The largest absolute Gasteiger partial charge is 0.472 e. The van der Waals surface area contributed by atoms with Crippen LogP contribution in [0.4, 0.5) is 0 Å². The molecule has 0 aromatic heterocycles. The van der Waals surface area contributed by atoms with Crippen molar-refractivity contribution in [3.8, 4) is 0 Å². The normalized spacial score (nSPS) is 21.9. The highest BCUT2D eigenvalue weighted by molar-refractivity contribution is 7.47. The molecule has 1 aliphatic carbocycles. The van der Waals surface area contributed by atoms with Crippen LogP contribution in [0.1, 0.15) is 219 Å². The number of aliphatic hydroxyl groups excluding tert-OH is 4. The number of unbranched alkanes of at least 4 members (excludes halogenated alkanes) is 28. The van der Waals surface area contributed by atoms with Gasteiger partial charge in [-0.15, -0.1) is 0 Å². The van der Waals surface area contributed by atoms with Gasteiger partial charge in [0, 0.05) is 12.8 Å². The van der Waals surface area contributed by atoms with Crippen LogP contribution in [0.2, 0.25) is 0 Å². The molecular weight excluding hydrogens is 858 g/mol. The number of carbonyl (C=O) groups is 2. The number of phosphoric acid groups is 2. The van der Waals surface area contributed by atoms with Crippen LogP contribution in [0, 0.1) is 0 Å². The summed E-state index contributed by atoms with van der Waals surface area (Å²) >= 11 is 0. The van der Waals surface area contributed by atoms with Crippen LogP contribution in [0.25, 0.3) is 0 Å². The van der Waals surface area contributed by atoms with E-state index in [9.17, 15) is 44.0 Å². The average molecular weight is 947 g/mol. The Labute approximate surface area is 378 Å². The van der Waals surface area contributed by atoms with Crippen molar-refractivity contribution in [3.05, 3.63) is 0 Å². The summed E-state index contributed by atoms with van der Waals surface area (Å²) in [5.41, 5.74) is 0. The molecular formula is C45H88O16P2. The van der Waals surface area contributed by atoms with Gasteiger partial charge < -0.3 is 44.6 Å². The number of phosphoric ester groups is 2. The number of esters is 2. The summed E-state index contributed by atoms with van der Waals surface area (Å²) in [6, 6.07) is 0. The van der Waals surface area contributed by atoms with E-state index in [4.69, 9.17) is 28.3 Å². The van der Waals surface area contributed by atoms with Gasteiger partial charge in [-0.05, 0) is 12.8 Å². The second-order valence-corrected chi connectivity index (χ2v) is 20.1. The molecule has 0 spiro atoms. The summed E-state index contributed by atoms with van der Waals surface area (Å²) in [7, 11) is -10.6. The summed E-state index contributed by atoms with van der Waals surface area (Å²) in [5.74, 6) is -1.18. The molecule has 1 aliphatic rings. The molecule has 0 aromatic carbocycles. The molecule has 1 saturated carbocycles. The summed E-state index contributed by atoms with van der Waals surface area (Å²) in [6.07, 6.45) is 20.6. The first-order valence-electron chi connectivity index (χ1n) is 24.6. The lowest BCUT2D eigenvalue weighted by atomic mass is 9.85. The van der Waals surface area contributed by atoms with E-state index in [2.05, 4.69) is 18.4 Å². The Bertz CT molecular complexity index is 1220. The van der Waals surface area contributed by atoms with Gasteiger partial charge in [-0.1, -0.05) is 194 Å². The Kier molecular flexibility index (Phi) is 35.3. The Hall–Kier alpha value is -1.00. The minimum Gasteiger partial charge on any atom is -0.462 e. The number of aliphatic hydroxyl groups is 4. The van der Waals surface area contributed by atoms with Crippen molar-refractivity contribution in [2.24, 2.45) is 0 Å². The Morgan fingerprint density at radius 3 is 1.08 bits per heavy atom. The zero-order valence-corrected chi connectivity index (χ0v) is 40.6. The molecule has 374 valence electrons. The van der Waals surface area contributed by atoms with Gasteiger partial charge in [0.25, 0.3) is 0 Å². The monoisotopic (exact) mass is 947 g/mol. The molecule has 0 bridgehead atoms. The maximum atomic E-state index is 12.9. The summed E-state index contributed by atoms with van der Waals surface area (Å²) in [5, 5.41) is 41.5. The van der Waals surface area contributed by atoms with E-state index in [1.807, 2.05) is 0 Å². The van der Waals surface area contributed by atoms with Crippen LogP contribution in [-0.2, 0) is 41.8 Å². The zero-order chi connectivity index (χ0) is 46.8. The quantitative estimate of drug-likeness (QED) is 0.0171. The van der Waals surface area contributed by atoms with Gasteiger partial charge in [0.15, 0.2) is 6.10 Å². The number of hydrogen-bond donors (Lipinski definition) is 7. The fourth-order valence-corrected chi connectivity index (χ4v) is 9.39. The van der Waals surface area contributed by atoms with E-state index in [0.29, 0.717) is 12.8 Å². The van der Waals surface area contributed by atoms with Crippen LogP contribution in [-0.4, -0.2) is 103 Å². The topological polar surface area (TPSA) is 256 Å². The van der Waals surface area contributed by atoms with Crippen molar-refractivity contribution >= 4 is 27.6 Å². The number of carbonyl (C=O) groups excluding carboxylic acids is 2. The number of rotatable bonds is 42. The van der Waals surface area contributed by atoms with Crippen LogP contribution >= 0.6 is 15.6 Å². The van der Waals surface area contributed by atoms with Crippen molar-refractivity contribution in [2.75, 3.05) is 13.2 Å². The third kappa shape index (κ3) is 31.6. The predicted molar refractivity (Wildman–Crippen MR) is 242 cm³/mol. The fraction of sp³-hybridized carbons (Fsp3) is 0.956. The Morgan fingerprint density at radius 2 is 0.746 bits per heavy atom. The minimum absolute atomic E-state index is 0.0587. The van der Waals surface area contributed by atoms with Gasteiger partial charge in [-0.25, -0.2) is 9.13 Å². The van der Waals surface area contributed by atoms with Crippen molar-refractivity contribution in [1.82, 2.24) is 0 Å². The second-order valence-electron chi connectivity index (χ2n) is 17.6. The van der Waals surface area contributed by atoms with E-state index >= 15 is 0 Å². The smallest absolute Gasteiger partial charge is 0.462 e. The number of ether oxygens (including phenoxy) is 2. The molecule has 0 radical (unpaired) electrons. The summed E-state index contributed by atoms with van der Waals surface area (Å²) in [6.45, 7) is 3.17. The van der Waals surface area contributed by atoms with Gasteiger partial charge in [-0.3, -0.25) is 23.2 Å². The van der Waals surface area contributed by atoms with E-state index in [0.717, 1.165) is 51.4 Å². The maximum absolute atomic E-state index is 12.9. The maximum Gasteiger partial charge on any atom is 0.472 e. The second kappa shape index (κ2) is 37.0. The summed E-state index contributed by atoms with van der Waals surface area (Å²) < 4.78 is 49.2. The van der Waals surface area contributed by atoms with Crippen LogP contribution in [0.15, 0.2) is 0 Å². The van der Waals surface area contributed by atoms with Crippen molar-refractivity contribution in [3.63, 3.8) is 0 Å². The highest BCUT2D eigenvalue weighted by Crippen LogP contribution is 2.48. The van der Waals surface area contributed by atoms with Crippen LogP contribution in [0.3, 0.4) is 0 Å². The van der Waals surface area contributed by atoms with Crippen molar-refractivity contribution < 1.29 is 76.9 Å². The van der Waals surface area contributed by atoms with Crippen molar-refractivity contribution in [2.45, 2.75) is 262 Å². The lowest BCUT2D eigenvalue weighted by Gasteiger charge is -2.43. The first kappa shape index (κ1) is 60.0. The van der Waals surface area contributed by atoms with Crippen molar-refractivity contribution in [1.29, 1.82) is 0 Å². The molecule has 16 nitrogen and oxygen atoms in total. The number of hydrogen-bond acceptors (Lipinski definition) is 13. The van der Waals surface area contributed by atoms with E-state index < -0.39 is 83.5 Å². The molecule has 7 N–H and O–H groups in total. The van der Waals surface area contributed by atoms with Gasteiger partial charge in [0.1, 0.15) is 43.2 Å². The molecule has 8 atom stereocenters. The SMILES string of the molecule is CCCCCCCCCCCCCCCCCC(=O)OC[C@H](COP(=O)(O)OC1[C@H](O)[C@H](O)C(OP(=O)(O)O)[C@H](O)[C@H]1O)OC(=O)CCCCCCCCCCCCCCCCC. The minimum atomic E-state index is -5.30. The molecule has 1 rings (SSSR count). The molecule has 0 heterocycles. The zero-order valence-electron chi connectivity index (χ0n) is 38.8. The van der Waals surface area contributed by atoms with Gasteiger partial charge >= 0.3 is 27.6 Å². The molecule has 18 heteroatoms. The standard InChI is InChI=1S/C45H88O16P2/c1-3-5-7-9-11-13-15-17-19-21-23-25-27-29-31-33-38(46)57-35-37(59-39(47)34-32-30-28-26-24-22-20-18-16-14-12-10-8-6-4-2)36-58-63(55,56)61-45-42(50)40(48)44(41(49)43(45)51)60-62(52,53)54/h37,40-45,48-51H,3-36H2,1-2H3,(H,55,56)(H2,52,53,54)/t37-,40-,41+,42-,43-,44?,45?/m1/s1. The summed E-state index contributed by atoms with van der Waals surface area (Å²) in [4.78, 5) is 54.1. The third-order valence-electron chi connectivity index (χ3n) is 11.7.